The average Bonchev–Trinajstić information content (AvgIpc) is 3.29. The number of sulfone groups is 1. The van der Waals surface area contributed by atoms with Crippen LogP contribution in [0.2, 0.25) is 0 Å². The Balaban J connectivity index is 1.23. The van der Waals surface area contributed by atoms with Crippen molar-refractivity contribution in [2.24, 2.45) is 0 Å². The van der Waals surface area contributed by atoms with Gasteiger partial charge < -0.3 is 14.8 Å². The van der Waals surface area contributed by atoms with E-state index in [1.807, 2.05) is 12.1 Å². The molecule has 2 aromatic carbocycles. The molecule has 0 spiro atoms. The van der Waals surface area contributed by atoms with Crippen LogP contribution in [0, 0.1) is 0 Å². The maximum atomic E-state index is 13.1. The number of piperidine rings is 1. The van der Waals surface area contributed by atoms with Crippen LogP contribution >= 0.6 is 0 Å². The number of hydrogen-bond acceptors (Lipinski definition) is 7. The first kappa shape index (κ1) is 21.7. The van der Waals surface area contributed by atoms with Crippen LogP contribution in [-0.4, -0.2) is 69.8 Å². The van der Waals surface area contributed by atoms with Gasteiger partial charge in [-0.25, -0.2) is 8.42 Å². The summed E-state index contributed by atoms with van der Waals surface area (Å²) in [6, 6.07) is 13.2. The number of fused-ring (bicyclic) bond motifs is 1. The lowest BCUT2D eigenvalue weighted by Gasteiger charge is -2.44. The molecule has 3 heterocycles. The van der Waals surface area contributed by atoms with Gasteiger partial charge in [-0.2, -0.15) is 0 Å². The molecule has 0 saturated carbocycles. The molecule has 7 nitrogen and oxygen atoms in total. The second-order valence-corrected chi connectivity index (χ2v) is 10.9. The van der Waals surface area contributed by atoms with Crippen LogP contribution in [0.25, 0.3) is 0 Å². The molecule has 0 amide bonds. The van der Waals surface area contributed by atoms with Gasteiger partial charge in [-0.05, 0) is 62.7 Å². The molecular formula is C24H31N3O4S. The highest BCUT2D eigenvalue weighted by molar-refractivity contribution is 7.91. The summed E-state index contributed by atoms with van der Waals surface area (Å²) < 4.78 is 36.7. The fourth-order valence-corrected chi connectivity index (χ4v) is 6.23. The molecule has 3 aliphatic heterocycles. The first-order valence-corrected chi connectivity index (χ1v) is 12.9. The van der Waals surface area contributed by atoms with Gasteiger partial charge in [0.2, 0.25) is 16.6 Å². The molecule has 2 saturated heterocycles. The first-order chi connectivity index (χ1) is 15.5. The average molecular weight is 458 g/mol. The lowest BCUT2D eigenvalue weighted by molar-refractivity contribution is 0.0412. The number of piperazine rings is 1. The fourth-order valence-electron chi connectivity index (χ4n) is 4.95. The van der Waals surface area contributed by atoms with E-state index in [2.05, 4.69) is 22.0 Å². The van der Waals surface area contributed by atoms with Gasteiger partial charge in [-0.15, -0.1) is 0 Å². The number of benzene rings is 2. The van der Waals surface area contributed by atoms with E-state index in [0.717, 1.165) is 44.8 Å². The Morgan fingerprint density at radius 2 is 1.69 bits per heavy atom. The third-order valence-electron chi connectivity index (χ3n) is 6.90. The van der Waals surface area contributed by atoms with Crippen molar-refractivity contribution in [3.05, 3.63) is 48.0 Å². The highest BCUT2D eigenvalue weighted by Crippen LogP contribution is 2.35. The summed E-state index contributed by atoms with van der Waals surface area (Å²) in [6.45, 7) is 8.76. The van der Waals surface area contributed by atoms with Crippen molar-refractivity contribution in [1.29, 1.82) is 0 Å². The van der Waals surface area contributed by atoms with Crippen molar-refractivity contribution in [2.75, 3.05) is 39.5 Å². The second-order valence-electron chi connectivity index (χ2n) is 8.96. The monoisotopic (exact) mass is 457 g/mol. The summed E-state index contributed by atoms with van der Waals surface area (Å²) in [5, 5.41) is 3.45. The number of ether oxygens (including phenoxy) is 2. The van der Waals surface area contributed by atoms with Crippen LogP contribution in [0.3, 0.4) is 0 Å². The van der Waals surface area contributed by atoms with Crippen LogP contribution in [0.4, 0.5) is 0 Å². The van der Waals surface area contributed by atoms with Crippen LogP contribution in [0.15, 0.2) is 52.3 Å². The Kier molecular flexibility index (Phi) is 6.11. The van der Waals surface area contributed by atoms with E-state index in [0.29, 0.717) is 28.5 Å². The standard InChI is InChI=1S/C24H31N3O4S/c1-18-15-27(20-8-10-25-11-9-20)13-12-26(18)16-19-2-4-21(5-3-19)32(28,29)22-6-7-23-24(14-22)31-17-30-23/h2-7,14,18,20,25H,8-13,15-17H2,1H3/t18-/m1/s1. The minimum atomic E-state index is -3.60. The van der Waals surface area contributed by atoms with E-state index in [9.17, 15) is 8.42 Å². The van der Waals surface area contributed by atoms with E-state index in [-0.39, 0.29) is 11.7 Å². The van der Waals surface area contributed by atoms with Gasteiger partial charge in [0.15, 0.2) is 11.5 Å². The van der Waals surface area contributed by atoms with Gasteiger partial charge in [0.25, 0.3) is 0 Å². The Bertz CT molecular complexity index is 1050. The van der Waals surface area contributed by atoms with Crippen molar-refractivity contribution < 1.29 is 17.9 Å². The van der Waals surface area contributed by atoms with Crippen molar-refractivity contribution in [3.63, 3.8) is 0 Å². The maximum absolute atomic E-state index is 13.1. The highest BCUT2D eigenvalue weighted by Gasteiger charge is 2.29. The van der Waals surface area contributed by atoms with E-state index < -0.39 is 9.84 Å². The van der Waals surface area contributed by atoms with Crippen LogP contribution in [0.5, 0.6) is 11.5 Å². The zero-order valence-electron chi connectivity index (χ0n) is 18.5. The second kappa shape index (κ2) is 9.02. The fraction of sp³-hybridized carbons (Fsp3) is 0.500. The first-order valence-electron chi connectivity index (χ1n) is 11.4. The largest absolute Gasteiger partial charge is 0.454 e. The molecule has 1 atom stereocenters. The van der Waals surface area contributed by atoms with Crippen LogP contribution in [0.1, 0.15) is 25.3 Å². The summed E-state index contributed by atoms with van der Waals surface area (Å²) in [5.41, 5.74) is 1.14. The summed E-state index contributed by atoms with van der Waals surface area (Å²) in [7, 11) is -3.60. The normalized spacial score (nSPS) is 22.8. The molecule has 2 fully saturated rings. The van der Waals surface area contributed by atoms with E-state index in [4.69, 9.17) is 9.47 Å². The molecule has 0 unspecified atom stereocenters. The number of nitrogens with one attached hydrogen (secondary N) is 1. The molecule has 3 aliphatic rings. The van der Waals surface area contributed by atoms with Gasteiger partial charge in [0.05, 0.1) is 9.79 Å². The molecule has 8 heteroatoms. The van der Waals surface area contributed by atoms with Gasteiger partial charge in [-0.3, -0.25) is 9.80 Å². The summed E-state index contributed by atoms with van der Waals surface area (Å²) in [4.78, 5) is 5.67. The van der Waals surface area contributed by atoms with Gasteiger partial charge in [-0.1, -0.05) is 12.1 Å². The molecule has 0 radical (unpaired) electrons. The SMILES string of the molecule is C[C@@H]1CN(C2CCNCC2)CCN1Cc1ccc(S(=O)(=O)c2ccc3c(c2)OCO3)cc1. The molecule has 0 bridgehead atoms. The maximum Gasteiger partial charge on any atom is 0.231 e. The van der Waals surface area contributed by atoms with Gasteiger partial charge in [0, 0.05) is 44.3 Å². The number of nitrogens with zero attached hydrogens (tertiary/aromatic N) is 2. The lowest BCUT2D eigenvalue weighted by Crippen LogP contribution is -2.56. The summed E-state index contributed by atoms with van der Waals surface area (Å²) in [6.07, 6.45) is 2.48. The topological polar surface area (TPSA) is 71.1 Å². The third-order valence-corrected chi connectivity index (χ3v) is 8.66. The van der Waals surface area contributed by atoms with Crippen LogP contribution < -0.4 is 14.8 Å². The molecule has 32 heavy (non-hydrogen) atoms. The molecule has 172 valence electrons. The molecule has 0 aliphatic carbocycles. The van der Waals surface area contributed by atoms with Gasteiger partial charge >= 0.3 is 0 Å². The number of hydrogen-bond donors (Lipinski definition) is 1. The van der Waals surface area contributed by atoms with Crippen molar-refractivity contribution in [3.8, 4) is 11.5 Å². The predicted molar refractivity (Wildman–Crippen MR) is 122 cm³/mol. The lowest BCUT2D eigenvalue weighted by atomic mass is 10.0. The molecule has 5 rings (SSSR count). The zero-order valence-corrected chi connectivity index (χ0v) is 19.3. The van der Waals surface area contributed by atoms with E-state index in [1.165, 1.54) is 18.9 Å². The summed E-state index contributed by atoms with van der Waals surface area (Å²) >= 11 is 0. The minimum absolute atomic E-state index is 0.123. The third kappa shape index (κ3) is 4.37. The smallest absolute Gasteiger partial charge is 0.231 e. The Labute approximate surface area is 190 Å². The number of rotatable bonds is 5. The quantitative estimate of drug-likeness (QED) is 0.740. The summed E-state index contributed by atoms with van der Waals surface area (Å²) in [5.74, 6) is 1.05. The van der Waals surface area contributed by atoms with Crippen molar-refractivity contribution in [1.82, 2.24) is 15.1 Å². The molecule has 0 aromatic heterocycles. The Morgan fingerprint density at radius 3 is 2.44 bits per heavy atom. The van der Waals surface area contributed by atoms with Crippen LogP contribution in [-0.2, 0) is 16.4 Å². The van der Waals surface area contributed by atoms with Crippen molar-refractivity contribution >= 4 is 9.84 Å². The zero-order chi connectivity index (χ0) is 22.1. The van der Waals surface area contributed by atoms with E-state index >= 15 is 0 Å². The highest BCUT2D eigenvalue weighted by atomic mass is 32.2. The van der Waals surface area contributed by atoms with Gasteiger partial charge in [0.1, 0.15) is 0 Å². The van der Waals surface area contributed by atoms with E-state index in [1.54, 1.807) is 24.3 Å². The Hall–Kier alpha value is -2.13. The predicted octanol–water partition coefficient (Wildman–Crippen LogP) is 2.51. The Morgan fingerprint density at radius 1 is 0.969 bits per heavy atom. The molecular weight excluding hydrogens is 426 g/mol. The molecule has 2 aromatic rings. The minimum Gasteiger partial charge on any atom is -0.454 e. The molecule has 1 N–H and O–H groups in total. The van der Waals surface area contributed by atoms with Crippen molar-refractivity contribution in [2.45, 2.75) is 48.2 Å².